The number of fused-ring (bicyclic) bond motifs is 1. The fourth-order valence-electron chi connectivity index (χ4n) is 3.21. The minimum atomic E-state index is -3.31. The topological polar surface area (TPSA) is 64.0 Å². The summed E-state index contributed by atoms with van der Waals surface area (Å²) in [7, 11) is -3.31. The van der Waals surface area contributed by atoms with E-state index in [0.717, 1.165) is 23.4 Å². The molecule has 1 N–H and O–H groups in total. The molecule has 1 aliphatic carbocycles. The van der Waals surface area contributed by atoms with Gasteiger partial charge in [-0.05, 0) is 42.5 Å². The molecule has 0 saturated heterocycles. The van der Waals surface area contributed by atoms with Gasteiger partial charge in [0.2, 0.25) is 10.0 Å². The van der Waals surface area contributed by atoms with Gasteiger partial charge in [0.15, 0.2) is 0 Å². The Bertz CT molecular complexity index is 826. The van der Waals surface area contributed by atoms with Crippen LogP contribution in [-0.2, 0) is 16.4 Å². The minimum Gasteiger partial charge on any atom is -0.237 e. The Balaban J connectivity index is 2.06. The Labute approximate surface area is 135 Å². The van der Waals surface area contributed by atoms with E-state index in [-0.39, 0.29) is 17.3 Å². The summed E-state index contributed by atoms with van der Waals surface area (Å²) in [5, 5.41) is 4.40. The Hall–Kier alpha value is -1.73. The standard InChI is InChI=1S/C16H20FN3O2S/c1-16(2)8-14(19-23(3,21)22)13-10-18-20(15(13)9-16)12-6-4-11(17)5-7-12/h4-7,10,14,19H,8-9H2,1-3H3/t14-/m1/s1. The SMILES string of the molecule is CC1(C)Cc2c(cnn2-c2ccc(F)cc2)[C@H](NS(C)(=O)=O)C1. The number of nitrogens with zero attached hydrogens (tertiary/aromatic N) is 2. The van der Waals surface area contributed by atoms with Crippen molar-refractivity contribution >= 4 is 10.0 Å². The summed E-state index contributed by atoms with van der Waals surface area (Å²) in [6, 6.07) is 5.83. The molecule has 1 aromatic heterocycles. The van der Waals surface area contributed by atoms with Crippen LogP contribution in [0, 0.1) is 11.2 Å². The van der Waals surface area contributed by atoms with Crippen LogP contribution in [0.3, 0.4) is 0 Å². The molecule has 0 unspecified atom stereocenters. The Morgan fingerprint density at radius 3 is 2.57 bits per heavy atom. The predicted octanol–water partition coefficient (Wildman–Crippen LogP) is 2.57. The van der Waals surface area contributed by atoms with Crippen LogP contribution in [0.1, 0.15) is 37.6 Å². The zero-order chi connectivity index (χ0) is 16.8. The summed E-state index contributed by atoms with van der Waals surface area (Å²) in [5.41, 5.74) is 2.56. The van der Waals surface area contributed by atoms with Gasteiger partial charge in [0, 0.05) is 11.3 Å². The lowest BCUT2D eigenvalue weighted by Crippen LogP contribution is -2.36. The van der Waals surface area contributed by atoms with Crippen molar-refractivity contribution in [3.63, 3.8) is 0 Å². The molecule has 0 amide bonds. The lowest BCUT2D eigenvalue weighted by atomic mass is 9.74. The first-order valence-corrected chi connectivity index (χ1v) is 9.34. The van der Waals surface area contributed by atoms with Crippen LogP contribution in [-0.4, -0.2) is 24.5 Å². The van der Waals surface area contributed by atoms with Gasteiger partial charge in [-0.15, -0.1) is 0 Å². The van der Waals surface area contributed by atoms with Crippen LogP contribution < -0.4 is 4.72 Å². The van der Waals surface area contributed by atoms with E-state index in [1.165, 1.54) is 18.4 Å². The smallest absolute Gasteiger partial charge is 0.209 e. The first-order chi connectivity index (χ1) is 10.6. The fourth-order valence-corrected chi connectivity index (χ4v) is 3.94. The Morgan fingerprint density at radius 2 is 1.96 bits per heavy atom. The highest BCUT2D eigenvalue weighted by Gasteiger charge is 2.36. The molecule has 0 saturated carbocycles. The molecule has 1 heterocycles. The van der Waals surface area contributed by atoms with Gasteiger partial charge in [0.25, 0.3) is 0 Å². The van der Waals surface area contributed by atoms with E-state index < -0.39 is 10.0 Å². The summed E-state index contributed by atoms with van der Waals surface area (Å²) in [6.07, 6.45) is 4.36. The first-order valence-electron chi connectivity index (χ1n) is 7.45. The van der Waals surface area contributed by atoms with Crippen molar-refractivity contribution in [3.8, 4) is 5.69 Å². The second-order valence-corrected chi connectivity index (χ2v) is 8.70. The predicted molar refractivity (Wildman–Crippen MR) is 86.3 cm³/mol. The van der Waals surface area contributed by atoms with Crippen molar-refractivity contribution in [3.05, 3.63) is 47.5 Å². The largest absolute Gasteiger partial charge is 0.237 e. The van der Waals surface area contributed by atoms with Gasteiger partial charge in [0.05, 0.1) is 24.2 Å². The molecule has 23 heavy (non-hydrogen) atoms. The number of halogens is 1. The molecule has 3 rings (SSSR count). The molecule has 5 nitrogen and oxygen atoms in total. The number of hydrogen-bond donors (Lipinski definition) is 1. The molecule has 7 heteroatoms. The van der Waals surface area contributed by atoms with Crippen molar-refractivity contribution in [2.45, 2.75) is 32.7 Å². The van der Waals surface area contributed by atoms with E-state index in [4.69, 9.17) is 0 Å². The van der Waals surface area contributed by atoms with Crippen LogP contribution in [0.2, 0.25) is 0 Å². The van der Waals surface area contributed by atoms with Crippen molar-refractivity contribution in [1.29, 1.82) is 0 Å². The molecule has 2 aromatic rings. The number of benzene rings is 1. The third kappa shape index (κ3) is 3.45. The molecule has 0 aliphatic heterocycles. The molecule has 0 spiro atoms. The van der Waals surface area contributed by atoms with Crippen molar-refractivity contribution < 1.29 is 12.8 Å². The van der Waals surface area contributed by atoms with Gasteiger partial charge in [-0.25, -0.2) is 22.2 Å². The molecule has 1 aliphatic rings. The third-order valence-electron chi connectivity index (χ3n) is 4.11. The van der Waals surface area contributed by atoms with E-state index in [0.29, 0.717) is 6.42 Å². The second kappa shape index (κ2) is 5.42. The van der Waals surface area contributed by atoms with Gasteiger partial charge in [-0.2, -0.15) is 5.10 Å². The zero-order valence-electron chi connectivity index (χ0n) is 13.4. The van der Waals surface area contributed by atoms with Crippen LogP contribution in [0.5, 0.6) is 0 Å². The van der Waals surface area contributed by atoms with E-state index in [9.17, 15) is 12.8 Å². The summed E-state index contributed by atoms with van der Waals surface area (Å²) >= 11 is 0. The van der Waals surface area contributed by atoms with Crippen LogP contribution >= 0.6 is 0 Å². The maximum Gasteiger partial charge on any atom is 0.209 e. The molecule has 124 valence electrons. The molecule has 1 aromatic carbocycles. The quantitative estimate of drug-likeness (QED) is 0.936. The fraction of sp³-hybridized carbons (Fsp3) is 0.438. The van der Waals surface area contributed by atoms with Crippen LogP contribution in [0.25, 0.3) is 5.69 Å². The highest BCUT2D eigenvalue weighted by Crippen LogP contribution is 2.41. The number of rotatable bonds is 3. The average Bonchev–Trinajstić information content (AvgIpc) is 2.80. The molecule has 0 bridgehead atoms. The molecular weight excluding hydrogens is 317 g/mol. The highest BCUT2D eigenvalue weighted by molar-refractivity contribution is 7.88. The minimum absolute atomic E-state index is 0.0623. The Morgan fingerprint density at radius 1 is 1.30 bits per heavy atom. The summed E-state index contributed by atoms with van der Waals surface area (Å²) in [5.74, 6) is -0.299. The zero-order valence-corrected chi connectivity index (χ0v) is 14.2. The van der Waals surface area contributed by atoms with Crippen molar-refractivity contribution in [2.75, 3.05) is 6.26 Å². The average molecular weight is 337 g/mol. The van der Waals surface area contributed by atoms with E-state index >= 15 is 0 Å². The summed E-state index contributed by atoms with van der Waals surface area (Å²) < 4.78 is 40.9. The normalized spacial score (nSPS) is 20.3. The molecular formula is C16H20FN3O2S. The van der Waals surface area contributed by atoms with E-state index in [1.807, 2.05) is 0 Å². The highest BCUT2D eigenvalue weighted by atomic mass is 32.2. The third-order valence-corrected chi connectivity index (χ3v) is 4.82. The van der Waals surface area contributed by atoms with Gasteiger partial charge in [-0.3, -0.25) is 0 Å². The van der Waals surface area contributed by atoms with E-state index in [2.05, 4.69) is 23.7 Å². The maximum atomic E-state index is 13.1. The second-order valence-electron chi connectivity index (χ2n) is 6.92. The Kier molecular flexibility index (Phi) is 3.80. The number of sulfonamides is 1. The van der Waals surface area contributed by atoms with Gasteiger partial charge in [-0.1, -0.05) is 13.8 Å². The van der Waals surface area contributed by atoms with Crippen LogP contribution in [0.4, 0.5) is 4.39 Å². The van der Waals surface area contributed by atoms with E-state index in [1.54, 1.807) is 23.0 Å². The van der Waals surface area contributed by atoms with Crippen LogP contribution in [0.15, 0.2) is 30.5 Å². The van der Waals surface area contributed by atoms with Gasteiger partial charge >= 0.3 is 0 Å². The number of aromatic nitrogens is 2. The monoisotopic (exact) mass is 337 g/mol. The molecule has 1 atom stereocenters. The van der Waals surface area contributed by atoms with Crippen molar-refractivity contribution in [1.82, 2.24) is 14.5 Å². The molecule has 0 fully saturated rings. The lowest BCUT2D eigenvalue weighted by Gasteiger charge is -2.35. The van der Waals surface area contributed by atoms with Gasteiger partial charge in [0.1, 0.15) is 5.82 Å². The van der Waals surface area contributed by atoms with Crippen molar-refractivity contribution in [2.24, 2.45) is 5.41 Å². The summed E-state index contributed by atoms with van der Waals surface area (Å²) in [6.45, 7) is 4.21. The lowest BCUT2D eigenvalue weighted by molar-refractivity contribution is 0.269. The summed E-state index contributed by atoms with van der Waals surface area (Å²) in [4.78, 5) is 0. The number of nitrogens with one attached hydrogen (secondary N) is 1. The first kappa shape index (κ1) is 16.1. The number of hydrogen-bond acceptors (Lipinski definition) is 3. The maximum absolute atomic E-state index is 13.1. The van der Waals surface area contributed by atoms with Gasteiger partial charge < -0.3 is 0 Å². The molecule has 0 radical (unpaired) electrons.